The molecule has 2 heterocycles. The summed E-state index contributed by atoms with van der Waals surface area (Å²) in [6.07, 6.45) is 1.60. The van der Waals surface area contributed by atoms with Crippen LogP contribution in [0.1, 0.15) is 21.5 Å². The highest BCUT2D eigenvalue weighted by molar-refractivity contribution is 6.09. The second-order valence-electron chi connectivity index (χ2n) is 7.14. The highest BCUT2D eigenvalue weighted by Crippen LogP contribution is 2.31. The Morgan fingerprint density at radius 3 is 2.35 bits per heavy atom. The average molecular weight is 413 g/mol. The lowest BCUT2D eigenvalue weighted by atomic mass is 10.0. The average Bonchev–Trinajstić information content (AvgIpc) is 2.84. The molecule has 1 fully saturated rings. The molecular weight excluding hydrogens is 394 g/mol. The van der Waals surface area contributed by atoms with Gasteiger partial charge in [0, 0.05) is 49.6 Å². The van der Waals surface area contributed by atoms with E-state index in [4.69, 9.17) is 5.26 Å². The van der Waals surface area contributed by atoms with Crippen molar-refractivity contribution in [3.05, 3.63) is 93.7 Å². The number of carbonyl (C=O) groups excluding carboxylic acids is 1. The topological polar surface area (TPSA) is 103 Å². The molecule has 154 valence electrons. The number of nitro benzene ring substituents is 1. The lowest BCUT2D eigenvalue weighted by molar-refractivity contribution is -0.384. The van der Waals surface area contributed by atoms with Gasteiger partial charge in [0.2, 0.25) is 0 Å². The fraction of sp³-hybridized carbons (Fsp3) is 0.174. The van der Waals surface area contributed by atoms with Crippen LogP contribution in [0.2, 0.25) is 0 Å². The fourth-order valence-electron chi connectivity index (χ4n) is 3.67. The Kier molecular flexibility index (Phi) is 5.58. The minimum Gasteiger partial charge on any atom is -0.362 e. The molecule has 1 aliphatic rings. The summed E-state index contributed by atoms with van der Waals surface area (Å²) in [4.78, 5) is 32.3. The van der Waals surface area contributed by atoms with Crippen molar-refractivity contribution in [1.29, 1.82) is 5.26 Å². The molecule has 4 rings (SSSR count). The van der Waals surface area contributed by atoms with Crippen molar-refractivity contribution in [2.75, 3.05) is 36.0 Å². The number of ketones is 1. The molecule has 0 spiro atoms. The van der Waals surface area contributed by atoms with Gasteiger partial charge in [-0.25, -0.2) is 4.98 Å². The molecule has 3 aromatic rings. The summed E-state index contributed by atoms with van der Waals surface area (Å²) in [5, 5.41) is 20.8. The molecule has 0 amide bonds. The van der Waals surface area contributed by atoms with Crippen LogP contribution in [-0.2, 0) is 0 Å². The normalized spacial score (nSPS) is 13.5. The van der Waals surface area contributed by atoms with Gasteiger partial charge < -0.3 is 9.80 Å². The first-order chi connectivity index (χ1) is 15.1. The van der Waals surface area contributed by atoms with Crippen molar-refractivity contribution in [2.45, 2.75) is 0 Å². The molecule has 0 N–H and O–H groups in total. The maximum atomic E-state index is 12.7. The molecule has 0 aliphatic carbocycles. The first-order valence-electron chi connectivity index (χ1n) is 9.81. The predicted octanol–water partition coefficient (Wildman–Crippen LogP) is 3.42. The SMILES string of the molecule is N#Cc1ccnc(N2CCN(c3ccc(C(=O)c4ccccc4)cc3[N+](=O)[O-])CC2)c1. The van der Waals surface area contributed by atoms with Crippen LogP contribution in [-0.4, -0.2) is 41.9 Å². The highest BCUT2D eigenvalue weighted by Gasteiger charge is 2.26. The van der Waals surface area contributed by atoms with Crippen LogP contribution in [0.4, 0.5) is 17.2 Å². The summed E-state index contributed by atoms with van der Waals surface area (Å²) < 4.78 is 0. The van der Waals surface area contributed by atoms with E-state index in [9.17, 15) is 14.9 Å². The maximum Gasteiger partial charge on any atom is 0.293 e. The minimum absolute atomic E-state index is 0.0835. The van der Waals surface area contributed by atoms with E-state index in [1.54, 1.807) is 54.7 Å². The number of benzene rings is 2. The number of nitrogens with zero attached hydrogens (tertiary/aromatic N) is 5. The van der Waals surface area contributed by atoms with Crippen LogP contribution >= 0.6 is 0 Å². The van der Waals surface area contributed by atoms with E-state index in [0.29, 0.717) is 43.0 Å². The molecule has 1 saturated heterocycles. The number of pyridine rings is 1. The van der Waals surface area contributed by atoms with Crippen molar-refractivity contribution in [3.63, 3.8) is 0 Å². The summed E-state index contributed by atoms with van der Waals surface area (Å²) in [6.45, 7) is 2.35. The Balaban J connectivity index is 1.54. The van der Waals surface area contributed by atoms with Gasteiger partial charge in [-0.05, 0) is 24.3 Å². The van der Waals surface area contributed by atoms with E-state index < -0.39 is 4.92 Å². The summed E-state index contributed by atoms with van der Waals surface area (Å²) in [5.74, 6) is 0.473. The summed E-state index contributed by atoms with van der Waals surface area (Å²) in [6, 6.07) is 18.9. The molecule has 0 atom stereocenters. The zero-order valence-electron chi connectivity index (χ0n) is 16.6. The van der Waals surface area contributed by atoms with Gasteiger partial charge in [0.25, 0.3) is 5.69 Å². The molecule has 0 bridgehead atoms. The lowest BCUT2D eigenvalue weighted by Gasteiger charge is -2.36. The van der Waals surface area contributed by atoms with Crippen molar-refractivity contribution in [3.8, 4) is 6.07 Å². The Hall–Kier alpha value is -4.25. The number of hydrogen-bond donors (Lipinski definition) is 0. The zero-order valence-corrected chi connectivity index (χ0v) is 16.6. The second kappa shape index (κ2) is 8.63. The second-order valence-corrected chi connectivity index (χ2v) is 7.14. The van der Waals surface area contributed by atoms with Crippen LogP contribution in [0.15, 0.2) is 66.9 Å². The van der Waals surface area contributed by atoms with Gasteiger partial charge in [-0.2, -0.15) is 5.26 Å². The first-order valence-corrected chi connectivity index (χ1v) is 9.81. The molecular formula is C23H19N5O3. The maximum absolute atomic E-state index is 12.7. The molecule has 0 saturated carbocycles. The standard InChI is InChI=1S/C23H19N5O3/c24-16-17-8-9-25-22(14-17)27-12-10-26(11-13-27)20-7-6-19(15-21(20)28(30)31)23(29)18-4-2-1-3-5-18/h1-9,14-15H,10-13H2. The van der Waals surface area contributed by atoms with Gasteiger partial charge in [-0.15, -0.1) is 0 Å². The largest absolute Gasteiger partial charge is 0.362 e. The number of nitriles is 1. The Morgan fingerprint density at radius 1 is 0.968 bits per heavy atom. The van der Waals surface area contributed by atoms with E-state index >= 15 is 0 Å². The minimum atomic E-state index is -0.443. The third-order valence-corrected chi connectivity index (χ3v) is 5.29. The van der Waals surface area contributed by atoms with E-state index in [1.807, 2.05) is 11.0 Å². The Bertz CT molecular complexity index is 1170. The van der Waals surface area contributed by atoms with E-state index in [2.05, 4.69) is 16.0 Å². The lowest BCUT2D eigenvalue weighted by Crippen LogP contribution is -2.47. The van der Waals surface area contributed by atoms with Gasteiger partial charge >= 0.3 is 0 Å². The molecule has 1 aromatic heterocycles. The molecule has 1 aliphatic heterocycles. The number of aromatic nitrogens is 1. The van der Waals surface area contributed by atoms with Crippen molar-refractivity contribution in [1.82, 2.24) is 4.98 Å². The third kappa shape index (κ3) is 4.21. The molecule has 0 unspecified atom stereocenters. The van der Waals surface area contributed by atoms with Crippen molar-refractivity contribution in [2.24, 2.45) is 0 Å². The molecule has 8 nitrogen and oxygen atoms in total. The Labute approximate surface area is 179 Å². The first kappa shape index (κ1) is 20.0. The molecule has 2 aromatic carbocycles. The van der Waals surface area contributed by atoms with Crippen LogP contribution in [0, 0.1) is 21.4 Å². The van der Waals surface area contributed by atoms with Gasteiger partial charge in [-0.1, -0.05) is 30.3 Å². The van der Waals surface area contributed by atoms with Crippen molar-refractivity contribution < 1.29 is 9.72 Å². The van der Waals surface area contributed by atoms with Crippen molar-refractivity contribution >= 4 is 23.0 Å². The molecule has 8 heteroatoms. The third-order valence-electron chi connectivity index (χ3n) is 5.29. The number of carbonyl (C=O) groups is 1. The number of hydrogen-bond acceptors (Lipinski definition) is 7. The summed E-state index contributed by atoms with van der Waals surface area (Å²) in [7, 11) is 0. The predicted molar refractivity (Wildman–Crippen MR) is 116 cm³/mol. The number of piperazine rings is 1. The van der Waals surface area contributed by atoms with Gasteiger partial charge in [0.05, 0.1) is 16.6 Å². The van der Waals surface area contributed by atoms with E-state index in [1.165, 1.54) is 6.07 Å². The number of anilines is 2. The van der Waals surface area contributed by atoms with Crippen LogP contribution in [0.25, 0.3) is 0 Å². The smallest absolute Gasteiger partial charge is 0.293 e. The summed E-state index contributed by atoms with van der Waals surface area (Å²) in [5.41, 5.74) is 1.73. The van der Waals surface area contributed by atoms with E-state index in [-0.39, 0.29) is 17.0 Å². The van der Waals surface area contributed by atoms with Gasteiger partial charge in [-0.3, -0.25) is 14.9 Å². The quantitative estimate of drug-likeness (QED) is 0.359. The number of rotatable bonds is 5. The number of nitro groups is 1. The monoisotopic (exact) mass is 413 g/mol. The highest BCUT2D eigenvalue weighted by atomic mass is 16.6. The van der Waals surface area contributed by atoms with Crippen LogP contribution in [0.3, 0.4) is 0 Å². The molecule has 31 heavy (non-hydrogen) atoms. The zero-order chi connectivity index (χ0) is 21.8. The van der Waals surface area contributed by atoms with Crippen LogP contribution < -0.4 is 9.80 Å². The van der Waals surface area contributed by atoms with E-state index in [0.717, 1.165) is 5.82 Å². The Morgan fingerprint density at radius 2 is 1.68 bits per heavy atom. The van der Waals surface area contributed by atoms with Gasteiger partial charge in [0.1, 0.15) is 11.5 Å². The summed E-state index contributed by atoms with van der Waals surface area (Å²) >= 11 is 0. The fourth-order valence-corrected chi connectivity index (χ4v) is 3.67. The van der Waals surface area contributed by atoms with Crippen LogP contribution in [0.5, 0.6) is 0 Å². The van der Waals surface area contributed by atoms with Gasteiger partial charge in [0.15, 0.2) is 5.78 Å². The molecule has 0 radical (unpaired) electrons.